The summed E-state index contributed by atoms with van der Waals surface area (Å²) in [5.74, 6) is 0.725. The van der Waals surface area contributed by atoms with Crippen LogP contribution in [-0.2, 0) is 5.41 Å². The zero-order valence-corrected chi connectivity index (χ0v) is 12.0. The smallest absolute Gasteiger partial charge is 0.0297 e. The van der Waals surface area contributed by atoms with E-state index in [1.165, 1.54) is 17.5 Å². The quantitative estimate of drug-likeness (QED) is 0.818. The standard InChI is InChI=1S/C16H27N/c1-12(2)10-11-15(17)13-8-6-7-9-14(13)16(3,4)5/h6-9,12,15H,10-11,17H2,1-5H3. The van der Waals surface area contributed by atoms with Crippen molar-refractivity contribution in [2.75, 3.05) is 0 Å². The summed E-state index contributed by atoms with van der Waals surface area (Å²) in [7, 11) is 0. The number of nitrogens with two attached hydrogens (primary N) is 1. The van der Waals surface area contributed by atoms with E-state index in [1.807, 2.05) is 0 Å². The van der Waals surface area contributed by atoms with Gasteiger partial charge in [0.2, 0.25) is 0 Å². The molecule has 0 fully saturated rings. The van der Waals surface area contributed by atoms with Gasteiger partial charge < -0.3 is 5.73 Å². The Labute approximate surface area is 106 Å². The third kappa shape index (κ3) is 4.16. The van der Waals surface area contributed by atoms with Gasteiger partial charge in [0.05, 0.1) is 0 Å². The lowest BCUT2D eigenvalue weighted by molar-refractivity contribution is 0.496. The van der Waals surface area contributed by atoms with Gasteiger partial charge in [-0.1, -0.05) is 58.9 Å². The van der Waals surface area contributed by atoms with E-state index in [9.17, 15) is 0 Å². The lowest BCUT2D eigenvalue weighted by Gasteiger charge is -2.26. The second-order valence-electron chi connectivity index (χ2n) is 6.41. The second-order valence-corrected chi connectivity index (χ2v) is 6.41. The van der Waals surface area contributed by atoms with Crippen LogP contribution < -0.4 is 5.73 Å². The fraction of sp³-hybridized carbons (Fsp3) is 0.625. The lowest BCUT2D eigenvalue weighted by atomic mass is 9.81. The summed E-state index contributed by atoms with van der Waals surface area (Å²) < 4.78 is 0. The van der Waals surface area contributed by atoms with E-state index >= 15 is 0 Å². The fourth-order valence-corrected chi connectivity index (χ4v) is 2.17. The Balaban J connectivity index is 2.89. The minimum atomic E-state index is 0.173. The lowest BCUT2D eigenvalue weighted by Crippen LogP contribution is -2.20. The summed E-state index contributed by atoms with van der Waals surface area (Å²) >= 11 is 0. The maximum Gasteiger partial charge on any atom is 0.0297 e. The molecule has 96 valence electrons. The van der Waals surface area contributed by atoms with Crippen molar-refractivity contribution in [2.45, 2.75) is 58.9 Å². The van der Waals surface area contributed by atoms with Gasteiger partial charge in [-0.2, -0.15) is 0 Å². The van der Waals surface area contributed by atoms with Crippen LogP contribution >= 0.6 is 0 Å². The highest BCUT2D eigenvalue weighted by molar-refractivity contribution is 5.34. The van der Waals surface area contributed by atoms with Crippen molar-refractivity contribution < 1.29 is 0 Å². The van der Waals surface area contributed by atoms with Gasteiger partial charge in [0.1, 0.15) is 0 Å². The molecule has 0 saturated carbocycles. The van der Waals surface area contributed by atoms with Crippen LogP contribution in [0.15, 0.2) is 24.3 Å². The van der Waals surface area contributed by atoms with Crippen LogP contribution in [-0.4, -0.2) is 0 Å². The van der Waals surface area contributed by atoms with Crippen molar-refractivity contribution >= 4 is 0 Å². The molecule has 1 nitrogen and oxygen atoms in total. The fourth-order valence-electron chi connectivity index (χ4n) is 2.17. The maximum atomic E-state index is 6.34. The highest BCUT2D eigenvalue weighted by Gasteiger charge is 2.20. The van der Waals surface area contributed by atoms with Crippen LogP contribution in [0, 0.1) is 5.92 Å². The molecule has 0 aromatic heterocycles. The highest BCUT2D eigenvalue weighted by atomic mass is 14.6. The molecule has 1 unspecified atom stereocenters. The van der Waals surface area contributed by atoms with Crippen molar-refractivity contribution in [1.29, 1.82) is 0 Å². The molecule has 2 N–H and O–H groups in total. The largest absolute Gasteiger partial charge is 0.324 e. The van der Waals surface area contributed by atoms with Gasteiger partial charge in [-0.15, -0.1) is 0 Å². The Bertz CT molecular complexity index is 347. The first-order chi connectivity index (χ1) is 7.82. The molecule has 1 atom stereocenters. The van der Waals surface area contributed by atoms with Crippen molar-refractivity contribution in [3.8, 4) is 0 Å². The van der Waals surface area contributed by atoms with Gasteiger partial charge in [0.15, 0.2) is 0 Å². The number of benzene rings is 1. The van der Waals surface area contributed by atoms with Gasteiger partial charge in [0.25, 0.3) is 0 Å². The second kappa shape index (κ2) is 5.68. The van der Waals surface area contributed by atoms with Crippen LogP contribution in [0.5, 0.6) is 0 Å². The molecule has 0 heterocycles. The summed E-state index contributed by atoms with van der Waals surface area (Å²) in [6, 6.07) is 8.78. The van der Waals surface area contributed by atoms with Gasteiger partial charge in [-0.25, -0.2) is 0 Å². The van der Waals surface area contributed by atoms with Crippen molar-refractivity contribution in [3.63, 3.8) is 0 Å². The molecule has 1 rings (SSSR count). The van der Waals surface area contributed by atoms with Crippen molar-refractivity contribution in [3.05, 3.63) is 35.4 Å². The third-order valence-corrected chi connectivity index (χ3v) is 3.22. The number of rotatable bonds is 4. The Morgan fingerprint density at radius 1 is 1.06 bits per heavy atom. The predicted octanol–water partition coefficient (Wildman–Crippen LogP) is 4.42. The van der Waals surface area contributed by atoms with Crippen molar-refractivity contribution in [1.82, 2.24) is 0 Å². The summed E-state index contributed by atoms with van der Waals surface area (Å²) in [6.45, 7) is 11.3. The highest BCUT2D eigenvalue weighted by Crippen LogP contribution is 2.30. The van der Waals surface area contributed by atoms with Crippen LogP contribution in [0.25, 0.3) is 0 Å². The summed E-state index contributed by atoms with van der Waals surface area (Å²) in [5, 5.41) is 0. The van der Waals surface area contributed by atoms with E-state index in [2.05, 4.69) is 58.9 Å². The minimum Gasteiger partial charge on any atom is -0.324 e. The zero-order valence-electron chi connectivity index (χ0n) is 12.0. The first-order valence-electron chi connectivity index (χ1n) is 6.67. The molecule has 0 bridgehead atoms. The van der Waals surface area contributed by atoms with Crippen LogP contribution in [0.2, 0.25) is 0 Å². The van der Waals surface area contributed by atoms with Crippen LogP contribution in [0.3, 0.4) is 0 Å². The number of hydrogen-bond donors (Lipinski definition) is 1. The van der Waals surface area contributed by atoms with Crippen molar-refractivity contribution in [2.24, 2.45) is 11.7 Å². The summed E-state index contributed by atoms with van der Waals surface area (Å²) in [5.41, 5.74) is 9.22. The van der Waals surface area contributed by atoms with E-state index in [1.54, 1.807) is 0 Å². The average molecular weight is 233 g/mol. The Kier molecular flexibility index (Phi) is 4.76. The molecule has 1 aromatic carbocycles. The van der Waals surface area contributed by atoms with Gasteiger partial charge in [-0.3, -0.25) is 0 Å². The Morgan fingerprint density at radius 2 is 1.65 bits per heavy atom. The molecule has 0 amide bonds. The van der Waals surface area contributed by atoms with Gasteiger partial charge in [-0.05, 0) is 35.3 Å². The Morgan fingerprint density at radius 3 is 2.18 bits per heavy atom. The molecule has 0 aliphatic heterocycles. The maximum absolute atomic E-state index is 6.34. The van der Waals surface area contributed by atoms with Gasteiger partial charge in [0, 0.05) is 6.04 Å². The zero-order chi connectivity index (χ0) is 13.1. The van der Waals surface area contributed by atoms with E-state index in [0.29, 0.717) is 0 Å². The van der Waals surface area contributed by atoms with E-state index in [0.717, 1.165) is 12.3 Å². The molecular weight excluding hydrogens is 206 g/mol. The van der Waals surface area contributed by atoms with Crippen LogP contribution in [0.4, 0.5) is 0 Å². The van der Waals surface area contributed by atoms with E-state index in [-0.39, 0.29) is 11.5 Å². The first-order valence-corrected chi connectivity index (χ1v) is 6.67. The molecule has 17 heavy (non-hydrogen) atoms. The van der Waals surface area contributed by atoms with Gasteiger partial charge >= 0.3 is 0 Å². The Hall–Kier alpha value is -0.820. The molecule has 0 radical (unpaired) electrons. The molecule has 0 aliphatic carbocycles. The normalized spacial score (nSPS) is 14.1. The number of hydrogen-bond acceptors (Lipinski definition) is 1. The predicted molar refractivity (Wildman–Crippen MR) is 76.1 cm³/mol. The van der Waals surface area contributed by atoms with Crippen LogP contribution in [0.1, 0.15) is 64.6 Å². The topological polar surface area (TPSA) is 26.0 Å². The molecule has 1 aromatic rings. The summed E-state index contributed by atoms with van der Waals surface area (Å²) in [4.78, 5) is 0. The molecule has 1 heteroatoms. The third-order valence-electron chi connectivity index (χ3n) is 3.22. The molecule has 0 aliphatic rings. The van der Waals surface area contributed by atoms with E-state index < -0.39 is 0 Å². The first kappa shape index (κ1) is 14.2. The SMILES string of the molecule is CC(C)CCC(N)c1ccccc1C(C)(C)C. The minimum absolute atomic E-state index is 0.173. The molecule has 0 spiro atoms. The molecule has 0 saturated heterocycles. The summed E-state index contributed by atoms with van der Waals surface area (Å²) in [6.07, 6.45) is 2.27. The monoisotopic (exact) mass is 233 g/mol. The molecular formula is C16H27N. The van der Waals surface area contributed by atoms with E-state index in [4.69, 9.17) is 5.73 Å². The average Bonchev–Trinajstić information content (AvgIpc) is 2.24.